The van der Waals surface area contributed by atoms with Gasteiger partial charge in [0, 0.05) is 25.8 Å². The highest BCUT2D eigenvalue weighted by Gasteiger charge is 1.95. The first-order valence-corrected chi connectivity index (χ1v) is 7.03. The van der Waals surface area contributed by atoms with Crippen LogP contribution in [0.5, 0.6) is 0 Å². The highest BCUT2D eigenvalue weighted by Crippen LogP contribution is 2.09. The molecule has 2 aromatic rings. The van der Waals surface area contributed by atoms with E-state index in [0.717, 1.165) is 24.2 Å². The van der Waals surface area contributed by atoms with Crippen LogP contribution in [0.25, 0.3) is 0 Å². The lowest BCUT2D eigenvalue weighted by Gasteiger charge is -2.07. The molecule has 0 amide bonds. The summed E-state index contributed by atoms with van der Waals surface area (Å²) in [4.78, 5) is 0. The van der Waals surface area contributed by atoms with Gasteiger partial charge in [0.05, 0.1) is 0 Å². The van der Waals surface area contributed by atoms with Gasteiger partial charge in [-0.05, 0) is 41.8 Å². The van der Waals surface area contributed by atoms with Crippen molar-refractivity contribution in [1.29, 1.82) is 0 Å². The molecule has 0 bridgehead atoms. The number of anilines is 1. The Kier molecular flexibility index (Phi) is 12.4. The maximum atomic E-state index is 12.7. The Labute approximate surface area is 135 Å². The average Bonchev–Trinajstić information content (AvgIpc) is 2.60. The summed E-state index contributed by atoms with van der Waals surface area (Å²) in [6.45, 7) is 1.40. The fraction of sp³-hybridized carbons (Fsp3) is 0.250. The van der Waals surface area contributed by atoms with E-state index in [0.29, 0.717) is 6.54 Å². The van der Waals surface area contributed by atoms with Crippen LogP contribution in [0.1, 0.15) is 11.1 Å². The Hall–Kier alpha value is -2.03. The van der Waals surface area contributed by atoms with Gasteiger partial charge in [-0.25, -0.2) is 15.8 Å². The lowest BCUT2D eigenvalue weighted by molar-refractivity contribution is 0.194. The molecular formula is C16H25FN4O2. The molecule has 0 unspecified atom stereocenters. The zero-order valence-corrected chi connectivity index (χ0v) is 13.2. The van der Waals surface area contributed by atoms with Crippen molar-refractivity contribution in [3.8, 4) is 0 Å². The van der Waals surface area contributed by atoms with Gasteiger partial charge in [-0.15, -0.1) is 0 Å². The molecule has 2 rings (SSSR count). The first kappa shape index (κ1) is 21.0. The normalized spacial score (nSPS) is 9.13. The molecular weight excluding hydrogens is 299 g/mol. The van der Waals surface area contributed by atoms with E-state index in [1.165, 1.54) is 24.7 Å². The zero-order chi connectivity index (χ0) is 17.5. The molecule has 0 aliphatic heterocycles. The number of hydroxylamine groups is 1. The third kappa shape index (κ3) is 9.56. The molecule has 0 heterocycles. The topological polar surface area (TPSA) is 117 Å². The molecule has 0 aromatic heterocycles. The summed E-state index contributed by atoms with van der Waals surface area (Å²) >= 11 is 0. The summed E-state index contributed by atoms with van der Waals surface area (Å²) in [7, 11) is 1.43. The van der Waals surface area contributed by atoms with Crippen molar-refractivity contribution in [2.24, 2.45) is 11.6 Å². The molecule has 0 aliphatic carbocycles. The van der Waals surface area contributed by atoms with Gasteiger partial charge in [0.15, 0.2) is 0 Å². The van der Waals surface area contributed by atoms with Crippen LogP contribution in [0.15, 0.2) is 48.5 Å². The minimum Gasteiger partial charge on any atom is -0.385 e. The van der Waals surface area contributed by atoms with Gasteiger partial charge in [-0.2, -0.15) is 0 Å². The molecule has 0 saturated heterocycles. The number of halogens is 1. The van der Waals surface area contributed by atoms with Crippen molar-refractivity contribution in [2.75, 3.05) is 18.9 Å². The van der Waals surface area contributed by atoms with Crippen molar-refractivity contribution in [3.05, 3.63) is 65.5 Å². The Morgan fingerprint density at radius 1 is 0.957 bits per heavy atom. The van der Waals surface area contributed by atoms with E-state index in [2.05, 4.69) is 23.3 Å². The van der Waals surface area contributed by atoms with Gasteiger partial charge < -0.3 is 21.5 Å². The fourth-order valence-corrected chi connectivity index (χ4v) is 1.76. The first-order valence-electron chi connectivity index (χ1n) is 7.03. The van der Waals surface area contributed by atoms with E-state index in [9.17, 15) is 4.39 Å². The molecule has 128 valence electrons. The highest BCUT2D eigenvalue weighted by molar-refractivity contribution is 5.42. The third-order valence-electron chi connectivity index (χ3n) is 2.85. The van der Waals surface area contributed by atoms with Crippen LogP contribution < -0.4 is 22.4 Å². The molecule has 0 atom stereocenters. The fourth-order valence-electron chi connectivity index (χ4n) is 1.76. The lowest BCUT2D eigenvalue weighted by atomic mass is 10.1. The number of nitrogens with one attached hydrogen (secondary N) is 2. The standard InChI is InChI=1S/C15H17FN2.CH5NO.H3NO/c16-14-5-7-15(8-6-14)18-10-9-12-1-3-13(11-17)4-2-12;1-2-3;1-2/h1-8,18H,9-11,17H2;2-3H,1H3;2H,1H2. The molecule has 0 radical (unpaired) electrons. The Morgan fingerprint density at radius 3 is 1.91 bits per heavy atom. The van der Waals surface area contributed by atoms with Crippen LogP contribution in [0.2, 0.25) is 0 Å². The van der Waals surface area contributed by atoms with Gasteiger partial charge in [-0.3, -0.25) is 0 Å². The van der Waals surface area contributed by atoms with Crippen molar-refractivity contribution >= 4 is 5.69 Å². The number of hydrogen-bond donors (Lipinski definition) is 6. The Bertz CT molecular complexity index is 506. The first-order chi connectivity index (χ1) is 11.2. The Balaban J connectivity index is 0.000000868. The van der Waals surface area contributed by atoms with Crippen molar-refractivity contribution < 1.29 is 14.8 Å². The second kappa shape index (κ2) is 13.6. The van der Waals surface area contributed by atoms with E-state index >= 15 is 0 Å². The van der Waals surface area contributed by atoms with Crippen LogP contribution >= 0.6 is 0 Å². The van der Waals surface area contributed by atoms with E-state index in [4.69, 9.17) is 16.1 Å². The van der Waals surface area contributed by atoms with E-state index in [-0.39, 0.29) is 5.82 Å². The predicted molar refractivity (Wildman–Crippen MR) is 89.7 cm³/mol. The largest absolute Gasteiger partial charge is 0.385 e. The van der Waals surface area contributed by atoms with Crippen LogP contribution in [-0.4, -0.2) is 24.0 Å². The summed E-state index contributed by atoms with van der Waals surface area (Å²) in [5, 5.41) is 17.1. The minimum absolute atomic E-state index is 0.210. The SMILES string of the molecule is CNO.NCc1ccc(CCNc2ccc(F)cc2)cc1.NO. The average molecular weight is 324 g/mol. The smallest absolute Gasteiger partial charge is 0.123 e. The lowest BCUT2D eigenvalue weighted by Crippen LogP contribution is -2.05. The van der Waals surface area contributed by atoms with Gasteiger partial charge in [-0.1, -0.05) is 24.3 Å². The summed E-state index contributed by atoms with van der Waals surface area (Å²) in [5.41, 5.74) is 10.6. The summed E-state index contributed by atoms with van der Waals surface area (Å²) < 4.78 is 12.7. The predicted octanol–water partition coefficient (Wildman–Crippen LogP) is 1.87. The quantitative estimate of drug-likeness (QED) is 0.468. The van der Waals surface area contributed by atoms with Gasteiger partial charge in [0.1, 0.15) is 5.82 Å². The van der Waals surface area contributed by atoms with E-state index in [1.54, 1.807) is 17.6 Å². The third-order valence-corrected chi connectivity index (χ3v) is 2.85. The number of nitrogens with two attached hydrogens (primary N) is 2. The summed E-state index contributed by atoms with van der Waals surface area (Å²) in [6.07, 6.45) is 0.933. The molecule has 0 spiro atoms. The maximum Gasteiger partial charge on any atom is 0.123 e. The minimum atomic E-state index is -0.210. The molecule has 0 saturated carbocycles. The Morgan fingerprint density at radius 2 is 1.43 bits per heavy atom. The number of rotatable bonds is 5. The van der Waals surface area contributed by atoms with Crippen LogP contribution in [0, 0.1) is 5.82 Å². The van der Waals surface area contributed by atoms with Gasteiger partial charge in [0.25, 0.3) is 0 Å². The monoisotopic (exact) mass is 324 g/mol. The molecule has 2 aromatic carbocycles. The van der Waals surface area contributed by atoms with Gasteiger partial charge in [0.2, 0.25) is 0 Å². The highest BCUT2D eigenvalue weighted by atomic mass is 19.1. The molecule has 0 fully saturated rings. The summed E-state index contributed by atoms with van der Waals surface area (Å²) in [6, 6.07) is 14.7. The van der Waals surface area contributed by atoms with E-state index in [1.807, 2.05) is 12.1 Å². The molecule has 6 nitrogen and oxygen atoms in total. The van der Waals surface area contributed by atoms with Crippen LogP contribution in [0.3, 0.4) is 0 Å². The molecule has 7 heteroatoms. The summed E-state index contributed by atoms with van der Waals surface area (Å²) in [5.74, 6) is 3.29. The zero-order valence-electron chi connectivity index (χ0n) is 13.2. The van der Waals surface area contributed by atoms with Crippen molar-refractivity contribution in [1.82, 2.24) is 5.48 Å². The maximum absolute atomic E-state index is 12.7. The molecule has 0 aliphatic rings. The molecule has 23 heavy (non-hydrogen) atoms. The van der Waals surface area contributed by atoms with E-state index < -0.39 is 0 Å². The second-order valence-electron chi connectivity index (χ2n) is 4.43. The van der Waals surface area contributed by atoms with Crippen molar-refractivity contribution in [3.63, 3.8) is 0 Å². The van der Waals surface area contributed by atoms with Crippen molar-refractivity contribution in [2.45, 2.75) is 13.0 Å². The van der Waals surface area contributed by atoms with Gasteiger partial charge >= 0.3 is 0 Å². The molecule has 8 N–H and O–H groups in total. The second-order valence-corrected chi connectivity index (χ2v) is 4.43. The van der Waals surface area contributed by atoms with Crippen LogP contribution in [0.4, 0.5) is 10.1 Å². The number of hydrogen-bond acceptors (Lipinski definition) is 6. The number of benzene rings is 2. The van der Waals surface area contributed by atoms with Crippen LogP contribution in [-0.2, 0) is 13.0 Å².